The lowest BCUT2D eigenvalue weighted by Gasteiger charge is -2.13. The number of hydrogen-bond donors (Lipinski definition) is 0. The van der Waals surface area contributed by atoms with Gasteiger partial charge in [0, 0.05) is 10.8 Å². The first-order valence-corrected chi connectivity index (χ1v) is 8.34. The molecule has 0 amide bonds. The molecule has 0 aromatic carbocycles. The molecule has 0 saturated carbocycles. The van der Waals surface area contributed by atoms with Crippen molar-refractivity contribution in [2.45, 2.75) is 39.0 Å². The molecule has 0 N–H and O–H groups in total. The molecule has 0 spiro atoms. The quantitative estimate of drug-likeness (QED) is 0.780. The summed E-state index contributed by atoms with van der Waals surface area (Å²) in [7, 11) is 0. The van der Waals surface area contributed by atoms with Crippen molar-refractivity contribution < 1.29 is 4.79 Å². The zero-order chi connectivity index (χ0) is 15.8. The first kappa shape index (κ1) is 16.1. The number of carbonyl (C=O) groups excluding carboxylic acids is 1. The van der Waals surface area contributed by atoms with Gasteiger partial charge in [0.05, 0.1) is 27.3 Å². The van der Waals surface area contributed by atoms with E-state index in [0.717, 1.165) is 16.3 Å². The molecular weight excluding hydrogens is 326 g/mol. The summed E-state index contributed by atoms with van der Waals surface area (Å²) in [4.78, 5) is 21.4. The molecule has 0 aliphatic carbocycles. The van der Waals surface area contributed by atoms with E-state index in [4.69, 9.17) is 11.6 Å². The molecule has 4 nitrogen and oxygen atoms in total. The van der Waals surface area contributed by atoms with Crippen LogP contribution in [0.3, 0.4) is 0 Å². The van der Waals surface area contributed by atoms with Crippen molar-refractivity contribution in [3.8, 4) is 6.07 Å². The van der Waals surface area contributed by atoms with Gasteiger partial charge >= 0.3 is 0 Å². The van der Waals surface area contributed by atoms with Crippen molar-refractivity contribution in [1.29, 1.82) is 5.26 Å². The van der Waals surface area contributed by atoms with Crippen LogP contribution in [-0.4, -0.2) is 15.8 Å². The zero-order valence-corrected chi connectivity index (χ0v) is 14.5. The van der Waals surface area contributed by atoms with Gasteiger partial charge < -0.3 is 0 Å². The molecule has 1 unspecified atom stereocenters. The van der Waals surface area contributed by atoms with Crippen molar-refractivity contribution in [3.05, 3.63) is 31.1 Å². The summed E-state index contributed by atoms with van der Waals surface area (Å²) < 4.78 is 0.307. The second-order valence-electron chi connectivity index (χ2n) is 5.64. The lowest BCUT2D eigenvalue weighted by molar-refractivity contribution is 0.0981. The number of halogens is 1. The number of aromatic nitrogens is 2. The van der Waals surface area contributed by atoms with Crippen molar-refractivity contribution in [3.63, 3.8) is 0 Å². The second kappa shape index (κ2) is 5.84. The van der Waals surface area contributed by atoms with Gasteiger partial charge in [-0.2, -0.15) is 5.26 Å². The van der Waals surface area contributed by atoms with Crippen LogP contribution in [-0.2, 0) is 5.41 Å². The number of rotatable bonds is 3. The number of thiazole rings is 2. The van der Waals surface area contributed by atoms with E-state index in [1.54, 1.807) is 12.3 Å². The van der Waals surface area contributed by atoms with Gasteiger partial charge in [-0.1, -0.05) is 43.7 Å². The molecule has 0 radical (unpaired) electrons. The lowest BCUT2D eigenvalue weighted by atomic mass is 9.97. The van der Waals surface area contributed by atoms with Gasteiger partial charge in [-0.05, 0) is 6.92 Å². The van der Waals surface area contributed by atoms with Crippen LogP contribution in [0, 0.1) is 18.3 Å². The third-order valence-corrected chi connectivity index (χ3v) is 5.41. The Labute approximate surface area is 136 Å². The Balaban J connectivity index is 2.37. The number of hydrogen-bond acceptors (Lipinski definition) is 6. The monoisotopic (exact) mass is 339 g/mol. The predicted molar refractivity (Wildman–Crippen MR) is 85.4 cm³/mol. The molecule has 0 aliphatic heterocycles. The van der Waals surface area contributed by atoms with Crippen LogP contribution in [0.2, 0.25) is 4.47 Å². The minimum atomic E-state index is -0.910. The molecule has 2 aromatic rings. The van der Waals surface area contributed by atoms with Crippen LogP contribution < -0.4 is 0 Å². The molecule has 0 aliphatic rings. The number of Topliss-reactive ketones (excluding diaryl/α,β-unsaturated/α-hetero) is 1. The average Bonchev–Trinajstić information content (AvgIpc) is 2.96. The van der Waals surface area contributed by atoms with E-state index in [9.17, 15) is 10.1 Å². The van der Waals surface area contributed by atoms with E-state index in [1.165, 1.54) is 11.3 Å². The maximum Gasteiger partial charge on any atom is 0.197 e. The SMILES string of the molecule is Cc1nc(Cl)sc1C(=O)C(C#N)c1csc(C(C)(C)C)n1. The van der Waals surface area contributed by atoms with Crippen LogP contribution >= 0.6 is 34.3 Å². The van der Waals surface area contributed by atoms with Crippen LogP contribution in [0.15, 0.2) is 5.38 Å². The summed E-state index contributed by atoms with van der Waals surface area (Å²) in [6, 6.07) is 2.05. The van der Waals surface area contributed by atoms with Gasteiger partial charge in [0.2, 0.25) is 0 Å². The second-order valence-corrected chi connectivity index (χ2v) is 8.07. The van der Waals surface area contributed by atoms with Gasteiger partial charge in [-0.3, -0.25) is 4.79 Å². The van der Waals surface area contributed by atoms with Gasteiger partial charge in [0.15, 0.2) is 16.2 Å². The lowest BCUT2D eigenvalue weighted by Crippen LogP contribution is -2.14. The molecule has 1 atom stereocenters. The highest BCUT2D eigenvalue weighted by molar-refractivity contribution is 7.17. The molecular formula is C14H14ClN3OS2. The van der Waals surface area contributed by atoms with E-state index in [-0.39, 0.29) is 11.2 Å². The summed E-state index contributed by atoms with van der Waals surface area (Å²) in [6.07, 6.45) is 0. The number of nitriles is 1. The molecule has 110 valence electrons. The molecule has 0 fully saturated rings. The predicted octanol–water partition coefficient (Wildman–Crippen LogP) is 4.35. The van der Waals surface area contributed by atoms with E-state index in [0.29, 0.717) is 20.7 Å². The minimum absolute atomic E-state index is 0.102. The Morgan fingerprint density at radius 1 is 1.43 bits per heavy atom. The fourth-order valence-electron chi connectivity index (χ4n) is 1.75. The highest BCUT2D eigenvalue weighted by Crippen LogP contribution is 2.32. The highest BCUT2D eigenvalue weighted by Gasteiger charge is 2.29. The van der Waals surface area contributed by atoms with Crippen molar-refractivity contribution >= 4 is 40.1 Å². The summed E-state index contributed by atoms with van der Waals surface area (Å²) in [5, 5.41) is 12.1. The molecule has 0 saturated heterocycles. The summed E-state index contributed by atoms with van der Waals surface area (Å²) in [5.74, 6) is -1.20. The highest BCUT2D eigenvalue weighted by atomic mass is 35.5. The summed E-state index contributed by atoms with van der Waals surface area (Å²) in [6.45, 7) is 7.86. The van der Waals surface area contributed by atoms with E-state index >= 15 is 0 Å². The number of nitrogens with zero attached hydrogens (tertiary/aromatic N) is 3. The third-order valence-electron chi connectivity index (χ3n) is 2.84. The first-order valence-electron chi connectivity index (χ1n) is 6.26. The first-order chi connectivity index (χ1) is 9.74. The van der Waals surface area contributed by atoms with E-state index < -0.39 is 5.92 Å². The van der Waals surface area contributed by atoms with Crippen LogP contribution in [0.4, 0.5) is 0 Å². The summed E-state index contributed by atoms with van der Waals surface area (Å²) >= 11 is 8.40. The Morgan fingerprint density at radius 3 is 2.52 bits per heavy atom. The van der Waals surface area contributed by atoms with E-state index in [2.05, 4.69) is 9.97 Å². The maximum absolute atomic E-state index is 12.5. The van der Waals surface area contributed by atoms with Crippen molar-refractivity contribution in [2.75, 3.05) is 0 Å². The van der Waals surface area contributed by atoms with Crippen molar-refractivity contribution in [1.82, 2.24) is 9.97 Å². The standard InChI is InChI=1S/C14H14ClN3OS2/c1-7-11(21-13(15)17-7)10(19)8(5-16)9-6-20-12(18-9)14(2,3)4/h6,8H,1-4H3. The normalized spacial score (nSPS) is 13.0. The third kappa shape index (κ3) is 3.31. The topological polar surface area (TPSA) is 66.6 Å². The fraction of sp³-hybridized carbons (Fsp3) is 0.429. The van der Waals surface area contributed by atoms with Crippen LogP contribution in [0.5, 0.6) is 0 Å². The van der Waals surface area contributed by atoms with Gasteiger partial charge in [0.25, 0.3) is 0 Å². The molecule has 21 heavy (non-hydrogen) atoms. The Morgan fingerprint density at radius 2 is 2.10 bits per heavy atom. The average molecular weight is 340 g/mol. The maximum atomic E-state index is 12.5. The largest absolute Gasteiger partial charge is 0.291 e. The Hall–Kier alpha value is -1.29. The van der Waals surface area contributed by atoms with Crippen molar-refractivity contribution in [2.24, 2.45) is 0 Å². The minimum Gasteiger partial charge on any atom is -0.291 e. The Kier molecular flexibility index (Phi) is 4.47. The van der Waals surface area contributed by atoms with E-state index in [1.807, 2.05) is 26.8 Å². The molecule has 0 bridgehead atoms. The van der Waals surface area contributed by atoms with Crippen LogP contribution in [0.1, 0.15) is 52.8 Å². The molecule has 7 heteroatoms. The van der Waals surface area contributed by atoms with Gasteiger partial charge in [0.1, 0.15) is 0 Å². The number of ketones is 1. The number of carbonyl (C=O) groups is 1. The molecule has 2 rings (SSSR count). The molecule has 2 heterocycles. The van der Waals surface area contributed by atoms with Crippen LogP contribution in [0.25, 0.3) is 0 Å². The van der Waals surface area contributed by atoms with Gasteiger partial charge in [-0.25, -0.2) is 9.97 Å². The molecule has 2 aromatic heterocycles. The smallest absolute Gasteiger partial charge is 0.197 e. The fourth-order valence-corrected chi connectivity index (χ4v) is 3.80. The summed E-state index contributed by atoms with van der Waals surface area (Å²) in [5.41, 5.74) is 0.957. The Bertz CT molecular complexity index is 721. The zero-order valence-electron chi connectivity index (χ0n) is 12.1. The number of aryl methyl sites for hydroxylation is 1. The van der Waals surface area contributed by atoms with Gasteiger partial charge in [-0.15, -0.1) is 11.3 Å².